The fourth-order valence-corrected chi connectivity index (χ4v) is 1.86. The van der Waals surface area contributed by atoms with Gasteiger partial charge < -0.3 is 14.5 Å². The van der Waals surface area contributed by atoms with Gasteiger partial charge in [0.25, 0.3) is 6.01 Å². The molecule has 4 nitrogen and oxygen atoms in total. The zero-order valence-corrected chi connectivity index (χ0v) is 11.0. The molecule has 1 N–H and O–H groups in total. The second kappa shape index (κ2) is 5.78. The van der Waals surface area contributed by atoms with Crippen molar-refractivity contribution >= 4 is 17.1 Å². The second-order valence-corrected chi connectivity index (χ2v) is 4.34. The first-order valence-electron chi connectivity index (χ1n) is 6.40. The highest BCUT2D eigenvalue weighted by atomic mass is 19.1. The smallest absolute Gasteiger partial charge is 0.295 e. The van der Waals surface area contributed by atoms with Gasteiger partial charge in [0, 0.05) is 6.07 Å². The summed E-state index contributed by atoms with van der Waals surface area (Å²) in [5.74, 6) is -1.35. The Hall–Kier alpha value is -2.63. The highest BCUT2D eigenvalue weighted by Crippen LogP contribution is 2.19. The predicted molar refractivity (Wildman–Crippen MR) is 74.4 cm³/mol. The number of halogens is 2. The van der Waals surface area contributed by atoms with Crippen molar-refractivity contribution in [1.29, 1.82) is 0 Å². The van der Waals surface area contributed by atoms with E-state index < -0.39 is 11.6 Å². The van der Waals surface area contributed by atoms with Crippen LogP contribution >= 0.6 is 0 Å². The normalized spacial score (nSPS) is 10.8. The molecule has 0 radical (unpaired) electrons. The third kappa shape index (κ3) is 3.10. The minimum Gasteiger partial charge on any atom is -0.489 e. The molecule has 1 aromatic heterocycles. The van der Waals surface area contributed by atoms with E-state index in [2.05, 4.69) is 10.3 Å². The maximum atomic E-state index is 13.3. The van der Waals surface area contributed by atoms with Crippen molar-refractivity contribution in [2.24, 2.45) is 0 Å². The molecule has 21 heavy (non-hydrogen) atoms. The van der Waals surface area contributed by atoms with Gasteiger partial charge in [-0.25, -0.2) is 8.78 Å². The molecule has 2 aromatic carbocycles. The van der Waals surface area contributed by atoms with E-state index in [4.69, 9.17) is 9.15 Å². The number of oxazole rings is 1. The van der Waals surface area contributed by atoms with Crippen LogP contribution in [0.15, 0.2) is 46.9 Å². The van der Waals surface area contributed by atoms with Crippen LogP contribution in [-0.4, -0.2) is 18.1 Å². The number of nitrogens with zero attached hydrogens (tertiary/aromatic N) is 1. The van der Waals surface area contributed by atoms with Crippen molar-refractivity contribution in [3.63, 3.8) is 0 Å². The molecule has 0 saturated carbocycles. The monoisotopic (exact) mass is 290 g/mol. The molecular weight excluding hydrogens is 278 g/mol. The summed E-state index contributed by atoms with van der Waals surface area (Å²) in [5.41, 5.74) is 1.44. The molecule has 3 rings (SSSR count). The van der Waals surface area contributed by atoms with Crippen LogP contribution < -0.4 is 10.1 Å². The van der Waals surface area contributed by atoms with Crippen molar-refractivity contribution in [2.75, 3.05) is 18.5 Å². The van der Waals surface area contributed by atoms with Crippen LogP contribution in [-0.2, 0) is 0 Å². The van der Waals surface area contributed by atoms with Crippen LogP contribution in [0.25, 0.3) is 11.1 Å². The Balaban J connectivity index is 1.54. The van der Waals surface area contributed by atoms with Gasteiger partial charge in [-0.2, -0.15) is 4.98 Å². The average Bonchev–Trinajstić information content (AvgIpc) is 2.88. The number of hydrogen-bond donors (Lipinski definition) is 1. The molecular formula is C15H12F2N2O2. The zero-order chi connectivity index (χ0) is 14.7. The molecule has 0 bridgehead atoms. The third-order valence-corrected chi connectivity index (χ3v) is 2.82. The second-order valence-electron chi connectivity index (χ2n) is 4.34. The highest BCUT2D eigenvalue weighted by Gasteiger charge is 2.06. The van der Waals surface area contributed by atoms with Crippen LogP contribution in [0.1, 0.15) is 0 Å². The molecule has 0 atom stereocenters. The number of ether oxygens (including phenoxy) is 1. The average molecular weight is 290 g/mol. The maximum Gasteiger partial charge on any atom is 0.295 e. The van der Waals surface area contributed by atoms with E-state index in [-0.39, 0.29) is 12.4 Å². The molecule has 0 fully saturated rings. The highest BCUT2D eigenvalue weighted by molar-refractivity contribution is 5.74. The number of aromatic nitrogens is 1. The molecule has 0 aliphatic heterocycles. The largest absolute Gasteiger partial charge is 0.489 e. The molecule has 3 aromatic rings. The number of rotatable bonds is 5. The van der Waals surface area contributed by atoms with Gasteiger partial charge in [0.1, 0.15) is 17.9 Å². The first-order valence-corrected chi connectivity index (χ1v) is 6.40. The van der Waals surface area contributed by atoms with Crippen molar-refractivity contribution in [3.8, 4) is 5.75 Å². The minimum absolute atomic E-state index is 0.00997. The van der Waals surface area contributed by atoms with Crippen LogP contribution in [0.5, 0.6) is 5.75 Å². The van der Waals surface area contributed by atoms with Crippen LogP contribution in [0.3, 0.4) is 0 Å². The number of anilines is 1. The van der Waals surface area contributed by atoms with Gasteiger partial charge in [-0.15, -0.1) is 0 Å². The minimum atomic E-state index is -0.725. The summed E-state index contributed by atoms with van der Waals surface area (Å²) < 4.78 is 36.7. The van der Waals surface area contributed by atoms with Gasteiger partial charge in [-0.3, -0.25) is 0 Å². The topological polar surface area (TPSA) is 47.3 Å². The summed E-state index contributed by atoms with van der Waals surface area (Å²) in [5, 5.41) is 2.94. The van der Waals surface area contributed by atoms with Crippen LogP contribution in [0.4, 0.5) is 14.8 Å². The van der Waals surface area contributed by atoms with E-state index in [0.29, 0.717) is 18.1 Å². The lowest BCUT2D eigenvalue weighted by Crippen LogP contribution is -2.12. The molecule has 0 unspecified atom stereocenters. The van der Waals surface area contributed by atoms with Crippen molar-refractivity contribution in [1.82, 2.24) is 4.98 Å². The summed E-state index contributed by atoms with van der Waals surface area (Å²) in [6, 6.07) is 10.9. The molecule has 0 aliphatic rings. The molecule has 0 saturated heterocycles. The molecule has 1 heterocycles. The van der Waals surface area contributed by atoms with Gasteiger partial charge in [0.15, 0.2) is 17.1 Å². The van der Waals surface area contributed by atoms with Gasteiger partial charge in [-0.1, -0.05) is 12.1 Å². The molecule has 6 heteroatoms. The predicted octanol–water partition coefficient (Wildman–Crippen LogP) is 3.60. The number of nitrogens with one attached hydrogen (secondary N) is 1. The first kappa shape index (κ1) is 13.4. The molecule has 108 valence electrons. The maximum absolute atomic E-state index is 13.3. The Morgan fingerprint density at radius 1 is 1.14 bits per heavy atom. The van der Waals surface area contributed by atoms with E-state index in [1.807, 2.05) is 24.3 Å². The van der Waals surface area contributed by atoms with Crippen LogP contribution in [0.2, 0.25) is 0 Å². The zero-order valence-electron chi connectivity index (χ0n) is 11.0. The summed E-state index contributed by atoms with van der Waals surface area (Å²) in [4.78, 5) is 4.23. The summed E-state index contributed by atoms with van der Waals surface area (Å²) in [7, 11) is 0. The van der Waals surface area contributed by atoms with E-state index in [9.17, 15) is 8.78 Å². The number of hydrogen-bond acceptors (Lipinski definition) is 4. The number of para-hydroxylation sites is 2. The van der Waals surface area contributed by atoms with E-state index >= 15 is 0 Å². The Kier molecular flexibility index (Phi) is 3.68. The van der Waals surface area contributed by atoms with Gasteiger partial charge in [-0.05, 0) is 24.3 Å². The fourth-order valence-electron chi connectivity index (χ4n) is 1.86. The van der Waals surface area contributed by atoms with Crippen molar-refractivity contribution in [2.45, 2.75) is 0 Å². The van der Waals surface area contributed by atoms with Crippen molar-refractivity contribution in [3.05, 3.63) is 54.1 Å². The fraction of sp³-hybridized carbons (Fsp3) is 0.133. The molecule has 0 spiro atoms. The first-order chi connectivity index (χ1) is 10.2. The Bertz CT molecular complexity index is 725. The summed E-state index contributed by atoms with van der Waals surface area (Å²) >= 11 is 0. The summed E-state index contributed by atoms with van der Waals surface area (Å²) in [6.45, 7) is 0.574. The SMILES string of the molecule is Fc1ccc(OCCNc2nc3ccccc3o2)c(F)c1. The van der Waals surface area contributed by atoms with Gasteiger partial charge >= 0.3 is 0 Å². The Labute approximate surface area is 119 Å². The quantitative estimate of drug-likeness (QED) is 0.729. The standard InChI is InChI=1S/C15H12F2N2O2/c16-10-5-6-13(11(17)9-10)20-8-7-18-15-19-12-3-1-2-4-14(12)21-15/h1-6,9H,7-8H2,(H,18,19). The third-order valence-electron chi connectivity index (χ3n) is 2.82. The lowest BCUT2D eigenvalue weighted by Gasteiger charge is -2.07. The summed E-state index contributed by atoms with van der Waals surface area (Å²) in [6.07, 6.45) is 0. The van der Waals surface area contributed by atoms with E-state index in [0.717, 1.165) is 17.6 Å². The van der Waals surface area contributed by atoms with E-state index in [1.165, 1.54) is 6.07 Å². The molecule has 0 aliphatic carbocycles. The molecule has 0 amide bonds. The number of benzene rings is 2. The lowest BCUT2D eigenvalue weighted by atomic mass is 10.3. The van der Waals surface area contributed by atoms with Gasteiger partial charge in [0.05, 0.1) is 6.54 Å². The lowest BCUT2D eigenvalue weighted by molar-refractivity contribution is 0.313. The van der Waals surface area contributed by atoms with Crippen LogP contribution in [0, 0.1) is 11.6 Å². The van der Waals surface area contributed by atoms with E-state index in [1.54, 1.807) is 0 Å². The Morgan fingerprint density at radius 2 is 2.00 bits per heavy atom. The van der Waals surface area contributed by atoms with Crippen molar-refractivity contribution < 1.29 is 17.9 Å². The number of fused-ring (bicyclic) bond motifs is 1. The Morgan fingerprint density at radius 3 is 2.81 bits per heavy atom. The van der Waals surface area contributed by atoms with Gasteiger partial charge in [0.2, 0.25) is 0 Å².